The van der Waals surface area contributed by atoms with Crippen LogP contribution in [0.2, 0.25) is 0 Å². The normalized spacial score (nSPS) is 24.6. The summed E-state index contributed by atoms with van der Waals surface area (Å²) in [7, 11) is 1.66. The van der Waals surface area contributed by atoms with Gasteiger partial charge in [0.15, 0.2) is 0 Å². The average molecular weight is 261 g/mol. The van der Waals surface area contributed by atoms with Gasteiger partial charge in [-0.25, -0.2) is 0 Å². The number of carbonyl (C=O) groups excluding carboxylic acids is 1. The van der Waals surface area contributed by atoms with E-state index in [9.17, 15) is 9.90 Å². The Labute approximate surface area is 107 Å². The van der Waals surface area contributed by atoms with Crippen molar-refractivity contribution in [1.29, 1.82) is 0 Å². The monoisotopic (exact) mass is 261 g/mol. The number of aliphatic hydroxyl groups excluding tert-OH is 1. The molecule has 4 nitrogen and oxygen atoms in total. The number of methoxy groups -OCH3 is 1. The standard InChI is InChI=1S/C12H23NO3S/c1-16-6-7-17-9-12(15)13-11-5-3-2-4-10(11)8-14/h10-11,14H,2-9H2,1H3,(H,13,15). The Morgan fingerprint density at radius 2 is 2.24 bits per heavy atom. The highest BCUT2D eigenvalue weighted by atomic mass is 32.2. The van der Waals surface area contributed by atoms with E-state index < -0.39 is 0 Å². The summed E-state index contributed by atoms with van der Waals surface area (Å²) < 4.78 is 4.92. The number of aliphatic hydroxyl groups is 1. The molecule has 1 rings (SSSR count). The molecule has 0 saturated heterocycles. The minimum absolute atomic E-state index is 0.0800. The zero-order valence-corrected chi connectivity index (χ0v) is 11.3. The van der Waals surface area contributed by atoms with Crippen molar-refractivity contribution in [2.45, 2.75) is 31.7 Å². The van der Waals surface area contributed by atoms with Gasteiger partial charge in [0.25, 0.3) is 0 Å². The number of nitrogens with one attached hydrogen (secondary N) is 1. The van der Waals surface area contributed by atoms with Gasteiger partial charge in [-0.05, 0) is 12.8 Å². The largest absolute Gasteiger partial charge is 0.396 e. The third kappa shape index (κ3) is 5.75. The summed E-state index contributed by atoms with van der Waals surface area (Å²) in [5, 5.41) is 12.3. The van der Waals surface area contributed by atoms with Crippen LogP contribution in [-0.2, 0) is 9.53 Å². The summed E-state index contributed by atoms with van der Waals surface area (Å²) in [6.07, 6.45) is 4.34. The van der Waals surface area contributed by atoms with Crippen LogP contribution in [0.4, 0.5) is 0 Å². The van der Waals surface area contributed by atoms with E-state index in [1.807, 2.05) is 0 Å². The fourth-order valence-corrected chi connectivity index (χ4v) is 2.87. The van der Waals surface area contributed by atoms with Crippen molar-refractivity contribution < 1.29 is 14.6 Å². The molecule has 0 aromatic heterocycles. The Bertz CT molecular complexity index is 226. The second kappa shape index (κ2) is 8.78. The van der Waals surface area contributed by atoms with E-state index in [1.54, 1.807) is 18.9 Å². The van der Waals surface area contributed by atoms with Gasteiger partial charge in [-0.15, -0.1) is 11.8 Å². The number of hydrogen-bond acceptors (Lipinski definition) is 4. The molecule has 0 bridgehead atoms. The second-order valence-electron chi connectivity index (χ2n) is 4.45. The van der Waals surface area contributed by atoms with E-state index in [4.69, 9.17) is 4.74 Å². The Balaban J connectivity index is 2.19. The van der Waals surface area contributed by atoms with Crippen LogP contribution in [0.25, 0.3) is 0 Å². The molecule has 0 aromatic carbocycles. The van der Waals surface area contributed by atoms with Crippen molar-refractivity contribution in [2.75, 3.05) is 31.8 Å². The van der Waals surface area contributed by atoms with E-state index in [-0.39, 0.29) is 24.5 Å². The van der Waals surface area contributed by atoms with Gasteiger partial charge in [0, 0.05) is 31.4 Å². The molecule has 0 radical (unpaired) electrons. The highest BCUT2D eigenvalue weighted by molar-refractivity contribution is 7.99. The third-order valence-corrected chi connectivity index (χ3v) is 4.08. The second-order valence-corrected chi connectivity index (χ2v) is 5.55. The van der Waals surface area contributed by atoms with E-state index in [1.165, 1.54) is 6.42 Å². The summed E-state index contributed by atoms with van der Waals surface area (Å²) in [4.78, 5) is 11.7. The quantitative estimate of drug-likeness (QED) is 0.672. The molecule has 2 unspecified atom stereocenters. The first kappa shape index (κ1) is 14.8. The third-order valence-electron chi connectivity index (χ3n) is 3.15. The fourth-order valence-electron chi connectivity index (χ4n) is 2.17. The van der Waals surface area contributed by atoms with E-state index in [0.29, 0.717) is 12.4 Å². The molecule has 2 atom stereocenters. The first-order chi connectivity index (χ1) is 8.27. The van der Waals surface area contributed by atoms with Crippen molar-refractivity contribution >= 4 is 17.7 Å². The summed E-state index contributed by atoms with van der Waals surface area (Å²) in [5.74, 6) is 1.66. The van der Waals surface area contributed by atoms with Crippen molar-refractivity contribution in [3.8, 4) is 0 Å². The molecular formula is C12H23NO3S. The van der Waals surface area contributed by atoms with Gasteiger partial charge in [0.05, 0.1) is 12.4 Å². The number of amides is 1. The van der Waals surface area contributed by atoms with Gasteiger partial charge < -0.3 is 15.2 Å². The molecule has 1 amide bonds. The predicted octanol–water partition coefficient (Wildman–Crippen LogP) is 1.03. The van der Waals surface area contributed by atoms with Crippen LogP contribution < -0.4 is 5.32 Å². The lowest BCUT2D eigenvalue weighted by molar-refractivity contribution is -0.120. The number of carbonyl (C=O) groups is 1. The number of thioether (sulfide) groups is 1. The lowest BCUT2D eigenvalue weighted by Crippen LogP contribution is -2.44. The molecule has 5 heteroatoms. The highest BCUT2D eigenvalue weighted by Gasteiger charge is 2.25. The zero-order chi connectivity index (χ0) is 12.5. The van der Waals surface area contributed by atoms with Crippen LogP contribution in [0.5, 0.6) is 0 Å². The lowest BCUT2D eigenvalue weighted by Gasteiger charge is -2.30. The van der Waals surface area contributed by atoms with Crippen molar-refractivity contribution in [3.05, 3.63) is 0 Å². The smallest absolute Gasteiger partial charge is 0.230 e. The maximum absolute atomic E-state index is 11.7. The molecule has 1 aliphatic carbocycles. The molecule has 1 fully saturated rings. The number of ether oxygens (including phenoxy) is 1. The van der Waals surface area contributed by atoms with Gasteiger partial charge in [-0.2, -0.15) is 0 Å². The van der Waals surface area contributed by atoms with Crippen LogP contribution >= 0.6 is 11.8 Å². The number of rotatable bonds is 7. The minimum Gasteiger partial charge on any atom is -0.396 e. The topological polar surface area (TPSA) is 58.6 Å². The van der Waals surface area contributed by atoms with Crippen LogP contribution in [0.1, 0.15) is 25.7 Å². The van der Waals surface area contributed by atoms with Crippen molar-refractivity contribution in [3.63, 3.8) is 0 Å². The zero-order valence-electron chi connectivity index (χ0n) is 10.5. The molecule has 1 saturated carbocycles. The SMILES string of the molecule is COCCSCC(=O)NC1CCCCC1CO. The first-order valence-corrected chi connectivity index (χ1v) is 7.40. The molecule has 2 N–H and O–H groups in total. The van der Waals surface area contributed by atoms with Crippen LogP contribution in [0.3, 0.4) is 0 Å². The summed E-state index contributed by atoms with van der Waals surface area (Å²) in [6, 6.07) is 0.171. The maximum Gasteiger partial charge on any atom is 0.230 e. The highest BCUT2D eigenvalue weighted by Crippen LogP contribution is 2.23. The Hall–Kier alpha value is -0.260. The molecule has 100 valence electrons. The van der Waals surface area contributed by atoms with Gasteiger partial charge in [-0.1, -0.05) is 12.8 Å². The van der Waals surface area contributed by atoms with Crippen molar-refractivity contribution in [2.24, 2.45) is 5.92 Å². The molecular weight excluding hydrogens is 238 g/mol. The van der Waals surface area contributed by atoms with Crippen LogP contribution in [0.15, 0.2) is 0 Å². The van der Waals surface area contributed by atoms with Gasteiger partial charge in [0.1, 0.15) is 0 Å². The predicted molar refractivity (Wildman–Crippen MR) is 70.2 cm³/mol. The number of hydrogen-bond donors (Lipinski definition) is 2. The molecule has 0 heterocycles. The van der Waals surface area contributed by atoms with Gasteiger partial charge >= 0.3 is 0 Å². The Morgan fingerprint density at radius 1 is 1.47 bits per heavy atom. The van der Waals surface area contributed by atoms with E-state index >= 15 is 0 Å². The first-order valence-electron chi connectivity index (χ1n) is 6.24. The maximum atomic E-state index is 11.7. The average Bonchev–Trinajstić information content (AvgIpc) is 2.35. The summed E-state index contributed by atoms with van der Waals surface area (Å²) in [5.41, 5.74) is 0. The molecule has 0 spiro atoms. The van der Waals surface area contributed by atoms with Crippen LogP contribution in [-0.4, -0.2) is 48.9 Å². The summed E-state index contributed by atoms with van der Waals surface area (Å²) in [6.45, 7) is 0.863. The molecule has 17 heavy (non-hydrogen) atoms. The Morgan fingerprint density at radius 3 is 2.94 bits per heavy atom. The molecule has 1 aliphatic rings. The molecule has 0 aliphatic heterocycles. The van der Waals surface area contributed by atoms with Crippen LogP contribution in [0, 0.1) is 5.92 Å². The van der Waals surface area contributed by atoms with Crippen molar-refractivity contribution in [1.82, 2.24) is 5.32 Å². The van der Waals surface area contributed by atoms with Gasteiger partial charge in [0.2, 0.25) is 5.91 Å². The van der Waals surface area contributed by atoms with E-state index in [0.717, 1.165) is 25.0 Å². The Kier molecular flexibility index (Phi) is 7.64. The lowest BCUT2D eigenvalue weighted by atomic mass is 9.85. The van der Waals surface area contributed by atoms with Gasteiger partial charge in [-0.3, -0.25) is 4.79 Å². The fraction of sp³-hybridized carbons (Fsp3) is 0.917. The minimum atomic E-state index is 0.0800. The summed E-state index contributed by atoms with van der Waals surface area (Å²) >= 11 is 1.58. The van der Waals surface area contributed by atoms with E-state index in [2.05, 4.69) is 5.32 Å². The molecule has 0 aromatic rings.